The van der Waals surface area contributed by atoms with Crippen LogP contribution in [0.4, 0.5) is 0 Å². The lowest BCUT2D eigenvalue weighted by molar-refractivity contribution is -0.266. The van der Waals surface area contributed by atoms with Crippen molar-refractivity contribution >= 4 is 23.8 Å². The zero-order chi connectivity index (χ0) is 28.2. The maximum Gasteiger partial charge on any atom is 0.303 e. The monoisotopic (exact) mass is 547 g/mol. The van der Waals surface area contributed by atoms with Crippen LogP contribution >= 0.6 is 0 Å². The van der Waals surface area contributed by atoms with Gasteiger partial charge in [-0.3, -0.25) is 19.2 Å². The number of unbranched alkanes of at least 4 members (excludes halogenated alkanes) is 1. The Morgan fingerprint density at radius 1 is 0.921 bits per heavy atom. The van der Waals surface area contributed by atoms with Gasteiger partial charge in [-0.2, -0.15) is 0 Å². The topological polar surface area (TPSA) is 165 Å². The van der Waals surface area contributed by atoms with E-state index in [9.17, 15) is 24.3 Å². The molecule has 2 rings (SSSR count). The zero-order valence-corrected chi connectivity index (χ0v) is 22.7. The summed E-state index contributed by atoms with van der Waals surface area (Å²) in [5, 5.41) is 13.3. The Morgan fingerprint density at radius 3 is 2.24 bits per heavy atom. The molecule has 2 N–H and O–H groups in total. The Balaban J connectivity index is 1.82. The Labute approximate surface area is 222 Å². The second-order valence-electron chi connectivity index (χ2n) is 9.51. The molecule has 1 amide bonds. The highest BCUT2D eigenvalue weighted by molar-refractivity contribution is 5.76. The van der Waals surface area contributed by atoms with Crippen molar-refractivity contribution in [3.63, 3.8) is 0 Å². The summed E-state index contributed by atoms with van der Waals surface area (Å²) in [5.41, 5.74) is 0. The molecule has 2 fully saturated rings. The van der Waals surface area contributed by atoms with E-state index >= 15 is 0 Å². The van der Waals surface area contributed by atoms with Gasteiger partial charge in [0, 0.05) is 60.4 Å². The Bertz CT molecular complexity index is 792. The van der Waals surface area contributed by atoms with Crippen LogP contribution in [0.25, 0.3) is 0 Å². The molecule has 0 aromatic heterocycles. The average Bonchev–Trinajstić information content (AvgIpc) is 3.12. The van der Waals surface area contributed by atoms with Crippen LogP contribution in [-0.4, -0.2) is 106 Å². The van der Waals surface area contributed by atoms with Gasteiger partial charge in [-0.1, -0.05) is 0 Å². The van der Waals surface area contributed by atoms with E-state index in [0.29, 0.717) is 25.9 Å². The van der Waals surface area contributed by atoms with Gasteiger partial charge in [0.25, 0.3) is 0 Å². The lowest BCUT2D eigenvalue weighted by Crippen LogP contribution is -2.54. The van der Waals surface area contributed by atoms with Crippen molar-refractivity contribution in [2.24, 2.45) is 5.92 Å². The molecule has 1 saturated heterocycles. The quantitative estimate of drug-likeness (QED) is 0.173. The first-order valence-electron chi connectivity index (χ1n) is 12.8. The maximum absolute atomic E-state index is 12.5. The van der Waals surface area contributed by atoms with E-state index in [2.05, 4.69) is 5.32 Å². The van der Waals surface area contributed by atoms with Gasteiger partial charge in [-0.05, 0) is 19.3 Å². The van der Waals surface area contributed by atoms with Gasteiger partial charge in [0.1, 0.15) is 24.9 Å². The first kappa shape index (κ1) is 31.9. The van der Waals surface area contributed by atoms with Crippen LogP contribution in [0.15, 0.2) is 0 Å². The van der Waals surface area contributed by atoms with Gasteiger partial charge in [0.2, 0.25) is 5.91 Å². The molecule has 13 nitrogen and oxygen atoms in total. The number of carbonyl (C=O) groups is 4. The fraction of sp³-hybridized carbons (Fsp3) is 0.840. The number of nitrogens with one attached hydrogen (secondary N) is 1. The third-order valence-corrected chi connectivity index (χ3v) is 6.43. The average molecular weight is 548 g/mol. The standard InChI is InChI=1S/C25H41NO12/c1-14(27)35-13-20-25(37-16(3)29)19(36-15(2)28)11-22(38-20)34-9-7-6-8-21(30)26-18-10-17(12-32-4)23(31)24(18)33-5/h17-20,22-25,31H,6-13H2,1-5H3,(H,26,30). The van der Waals surface area contributed by atoms with E-state index in [4.69, 9.17) is 33.2 Å². The second kappa shape index (κ2) is 15.9. The second-order valence-corrected chi connectivity index (χ2v) is 9.51. The molecule has 0 aromatic carbocycles. The largest absolute Gasteiger partial charge is 0.463 e. The smallest absolute Gasteiger partial charge is 0.303 e. The van der Waals surface area contributed by atoms with Crippen molar-refractivity contribution in [1.29, 1.82) is 0 Å². The normalized spacial score (nSPS) is 30.9. The van der Waals surface area contributed by atoms with E-state index in [1.54, 1.807) is 7.11 Å². The molecule has 38 heavy (non-hydrogen) atoms. The predicted molar refractivity (Wildman–Crippen MR) is 130 cm³/mol. The van der Waals surface area contributed by atoms with Crippen LogP contribution in [0, 0.1) is 5.92 Å². The van der Waals surface area contributed by atoms with Crippen molar-refractivity contribution in [3.8, 4) is 0 Å². The number of aliphatic hydroxyl groups excluding tert-OH is 1. The molecule has 8 atom stereocenters. The van der Waals surface area contributed by atoms with E-state index in [0.717, 1.165) is 0 Å². The van der Waals surface area contributed by atoms with Gasteiger partial charge in [-0.25, -0.2) is 0 Å². The number of esters is 3. The molecule has 1 aliphatic carbocycles. The van der Waals surface area contributed by atoms with Crippen LogP contribution in [0.2, 0.25) is 0 Å². The minimum atomic E-state index is -0.965. The Morgan fingerprint density at radius 2 is 1.63 bits per heavy atom. The van der Waals surface area contributed by atoms with Crippen molar-refractivity contribution in [1.82, 2.24) is 5.32 Å². The lowest BCUT2D eigenvalue weighted by Gasteiger charge is -2.39. The van der Waals surface area contributed by atoms with E-state index in [-0.39, 0.29) is 43.9 Å². The maximum atomic E-state index is 12.5. The van der Waals surface area contributed by atoms with E-state index in [1.165, 1.54) is 27.9 Å². The highest BCUT2D eigenvalue weighted by Crippen LogP contribution is 2.29. The van der Waals surface area contributed by atoms with Crippen LogP contribution < -0.4 is 5.32 Å². The van der Waals surface area contributed by atoms with Crippen molar-refractivity contribution in [2.75, 3.05) is 34.0 Å². The zero-order valence-electron chi connectivity index (χ0n) is 22.7. The third kappa shape index (κ3) is 10.1. The van der Waals surface area contributed by atoms with Crippen molar-refractivity contribution < 1.29 is 57.4 Å². The molecule has 1 saturated carbocycles. The molecule has 1 heterocycles. The molecule has 2 aliphatic rings. The minimum absolute atomic E-state index is 0.111. The van der Waals surface area contributed by atoms with Crippen LogP contribution in [-0.2, 0) is 52.3 Å². The first-order valence-corrected chi connectivity index (χ1v) is 12.8. The molecule has 0 spiro atoms. The Kier molecular flexibility index (Phi) is 13.4. The molecular weight excluding hydrogens is 506 g/mol. The summed E-state index contributed by atoms with van der Waals surface area (Å²) in [6, 6.07) is -0.299. The number of hydrogen-bond donors (Lipinski definition) is 2. The predicted octanol–water partition coefficient (Wildman–Crippen LogP) is 0.242. The van der Waals surface area contributed by atoms with Gasteiger partial charge in [0.15, 0.2) is 12.4 Å². The summed E-state index contributed by atoms with van der Waals surface area (Å²) in [6.45, 7) is 4.11. The van der Waals surface area contributed by atoms with E-state index < -0.39 is 54.7 Å². The number of amides is 1. The first-order chi connectivity index (χ1) is 18.0. The Hall–Kier alpha value is -2.32. The van der Waals surface area contributed by atoms with Crippen molar-refractivity contribution in [3.05, 3.63) is 0 Å². The third-order valence-electron chi connectivity index (χ3n) is 6.43. The van der Waals surface area contributed by atoms with Crippen LogP contribution in [0.3, 0.4) is 0 Å². The van der Waals surface area contributed by atoms with Gasteiger partial charge < -0.3 is 43.6 Å². The van der Waals surface area contributed by atoms with Gasteiger partial charge >= 0.3 is 17.9 Å². The molecule has 13 heteroatoms. The number of rotatable bonds is 14. The summed E-state index contributed by atoms with van der Waals surface area (Å²) in [7, 11) is 3.07. The number of aliphatic hydroxyl groups is 1. The fourth-order valence-electron chi connectivity index (χ4n) is 4.82. The van der Waals surface area contributed by atoms with Gasteiger partial charge in [-0.15, -0.1) is 0 Å². The molecule has 218 valence electrons. The van der Waals surface area contributed by atoms with Crippen molar-refractivity contribution in [2.45, 2.75) is 95.7 Å². The summed E-state index contributed by atoms with van der Waals surface area (Å²) in [6.07, 6.45) is -2.71. The summed E-state index contributed by atoms with van der Waals surface area (Å²) >= 11 is 0. The fourth-order valence-corrected chi connectivity index (χ4v) is 4.82. The van der Waals surface area contributed by atoms with Gasteiger partial charge in [0.05, 0.1) is 18.8 Å². The number of ether oxygens (including phenoxy) is 7. The highest BCUT2D eigenvalue weighted by atomic mass is 16.7. The molecule has 0 aromatic rings. The molecular formula is C25H41NO12. The van der Waals surface area contributed by atoms with E-state index in [1.807, 2.05) is 0 Å². The minimum Gasteiger partial charge on any atom is -0.463 e. The summed E-state index contributed by atoms with van der Waals surface area (Å²) in [5.74, 6) is -1.97. The SMILES string of the molecule is COCC1CC(NC(=O)CCCCOC2CC(OC(C)=O)C(OC(C)=O)C(COC(C)=O)O2)C(OC)C1O. The van der Waals surface area contributed by atoms with Crippen LogP contribution in [0.5, 0.6) is 0 Å². The number of methoxy groups -OCH3 is 2. The molecule has 8 unspecified atom stereocenters. The van der Waals surface area contributed by atoms with Crippen LogP contribution in [0.1, 0.15) is 52.9 Å². The molecule has 0 radical (unpaired) electrons. The highest BCUT2D eigenvalue weighted by Gasteiger charge is 2.45. The molecule has 1 aliphatic heterocycles. The lowest BCUT2D eigenvalue weighted by atomic mass is 10.0. The number of hydrogen-bond acceptors (Lipinski definition) is 12. The number of carbonyl (C=O) groups excluding carboxylic acids is 4. The summed E-state index contributed by atoms with van der Waals surface area (Å²) < 4.78 is 37.8. The summed E-state index contributed by atoms with van der Waals surface area (Å²) in [4.78, 5) is 47.0. The molecule has 0 bridgehead atoms.